The molecule has 5 nitrogen and oxygen atoms in total. The van der Waals surface area contributed by atoms with Crippen LogP contribution >= 0.6 is 0 Å². The number of primary amides is 1. The first-order valence-electron chi connectivity index (χ1n) is 7.25. The third kappa shape index (κ3) is 2.14. The highest BCUT2D eigenvalue weighted by Crippen LogP contribution is 2.34. The van der Waals surface area contributed by atoms with Crippen LogP contribution in [0.5, 0.6) is 0 Å². The summed E-state index contributed by atoms with van der Waals surface area (Å²) in [5.74, 6) is 0.116. The number of carbonyl (C=O) groups is 2. The smallest absolute Gasteiger partial charge is 0.248 e. The van der Waals surface area contributed by atoms with E-state index in [9.17, 15) is 9.59 Å². The first-order chi connectivity index (χ1) is 11.1. The minimum Gasteiger partial charge on any atom is -0.366 e. The number of rotatable bonds is 2. The zero-order valence-corrected chi connectivity index (χ0v) is 12.2. The minimum absolute atomic E-state index is 0.00630. The minimum atomic E-state index is -0.473. The summed E-state index contributed by atoms with van der Waals surface area (Å²) in [4.78, 5) is 29.8. The summed E-state index contributed by atoms with van der Waals surface area (Å²) in [6.07, 6.45) is 0.385. The number of hydrogen-bond acceptors (Lipinski definition) is 3. The standard InChI is InChI=1S/C18H13N3O2/c19-18(23)13-5-7-14-11(9-13)6-8-16(20-14)21-15-4-2-1-3-12(15)10-17(21)22/h1-9H,10H2,(H2,19,23). The van der Waals surface area contributed by atoms with Gasteiger partial charge in [0, 0.05) is 10.9 Å². The summed E-state index contributed by atoms with van der Waals surface area (Å²) in [5.41, 5.74) is 8.32. The molecule has 0 aliphatic carbocycles. The molecule has 23 heavy (non-hydrogen) atoms. The summed E-state index contributed by atoms with van der Waals surface area (Å²) in [5, 5.41) is 0.810. The van der Waals surface area contributed by atoms with Crippen molar-refractivity contribution < 1.29 is 9.59 Å². The molecule has 0 atom stereocenters. The van der Waals surface area contributed by atoms with E-state index in [2.05, 4.69) is 4.98 Å². The number of benzene rings is 2. The Labute approximate surface area is 132 Å². The third-order valence-corrected chi connectivity index (χ3v) is 4.01. The highest BCUT2D eigenvalue weighted by Gasteiger charge is 2.29. The normalized spacial score (nSPS) is 13.4. The van der Waals surface area contributed by atoms with Crippen molar-refractivity contribution in [3.8, 4) is 0 Å². The third-order valence-electron chi connectivity index (χ3n) is 4.01. The number of fused-ring (bicyclic) bond motifs is 2. The Morgan fingerprint density at radius 2 is 1.91 bits per heavy atom. The van der Waals surface area contributed by atoms with Crippen molar-refractivity contribution in [2.45, 2.75) is 6.42 Å². The van der Waals surface area contributed by atoms with Gasteiger partial charge < -0.3 is 5.73 Å². The van der Waals surface area contributed by atoms with Gasteiger partial charge in [0.05, 0.1) is 17.6 Å². The Morgan fingerprint density at radius 3 is 2.74 bits per heavy atom. The largest absolute Gasteiger partial charge is 0.366 e. The fraction of sp³-hybridized carbons (Fsp3) is 0.0556. The summed E-state index contributed by atoms with van der Waals surface area (Å²) in [6.45, 7) is 0. The van der Waals surface area contributed by atoms with E-state index in [0.29, 0.717) is 23.3 Å². The van der Waals surface area contributed by atoms with Gasteiger partial charge in [-0.2, -0.15) is 0 Å². The first kappa shape index (κ1) is 13.5. The van der Waals surface area contributed by atoms with Crippen LogP contribution in [0.2, 0.25) is 0 Å². The van der Waals surface area contributed by atoms with E-state index >= 15 is 0 Å². The van der Waals surface area contributed by atoms with E-state index in [1.807, 2.05) is 30.3 Å². The number of pyridine rings is 1. The predicted octanol–water partition coefficient (Wildman–Crippen LogP) is 2.55. The van der Waals surface area contributed by atoms with Crippen LogP contribution in [-0.4, -0.2) is 16.8 Å². The van der Waals surface area contributed by atoms with Crippen molar-refractivity contribution >= 4 is 34.2 Å². The van der Waals surface area contributed by atoms with Crippen molar-refractivity contribution in [1.82, 2.24) is 4.98 Å². The molecule has 0 fully saturated rings. The lowest BCUT2D eigenvalue weighted by molar-refractivity contribution is -0.116. The molecule has 1 aliphatic rings. The molecule has 112 valence electrons. The molecule has 2 heterocycles. The van der Waals surface area contributed by atoms with Crippen molar-refractivity contribution in [1.29, 1.82) is 0 Å². The molecule has 1 aliphatic heterocycles. The second-order valence-electron chi connectivity index (χ2n) is 5.48. The Bertz CT molecular complexity index is 965. The van der Waals surface area contributed by atoms with Gasteiger partial charge in [0.25, 0.3) is 0 Å². The maximum Gasteiger partial charge on any atom is 0.248 e. The van der Waals surface area contributed by atoms with Gasteiger partial charge in [-0.25, -0.2) is 4.98 Å². The highest BCUT2D eigenvalue weighted by molar-refractivity contribution is 6.07. The van der Waals surface area contributed by atoms with Crippen molar-refractivity contribution in [3.63, 3.8) is 0 Å². The average Bonchev–Trinajstić information content (AvgIpc) is 2.89. The lowest BCUT2D eigenvalue weighted by Crippen LogP contribution is -2.21. The van der Waals surface area contributed by atoms with Gasteiger partial charge in [-0.1, -0.05) is 18.2 Å². The molecule has 2 N–H and O–H groups in total. The van der Waals surface area contributed by atoms with Crippen molar-refractivity contribution in [2.75, 3.05) is 4.90 Å². The lowest BCUT2D eigenvalue weighted by atomic mass is 10.1. The molecular weight excluding hydrogens is 290 g/mol. The number of para-hydroxylation sites is 1. The van der Waals surface area contributed by atoms with E-state index in [1.165, 1.54) is 0 Å². The van der Waals surface area contributed by atoms with Gasteiger partial charge in [-0.3, -0.25) is 14.5 Å². The van der Waals surface area contributed by atoms with E-state index in [0.717, 1.165) is 16.6 Å². The number of nitrogens with two attached hydrogens (primary N) is 1. The number of carbonyl (C=O) groups excluding carboxylic acids is 2. The molecule has 3 aromatic rings. The van der Waals surface area contributed by atoms with Crippen LogP contribution in [0.15, 0.2) is 54.6 Å². The second kappa shape index (κ2) is 4.91. The van der Waals surface area contributed by atoms with Crippen molar-refractivity contribution in [3.05, 3.63) is 65.7 Å². The van der Waals surface area contributed by atoms with Gasteiger partial charge in [0.15, 0.2) is 0 Å². The number of hydrogen-bond donors (Lipinski definition) is 1. The molecule has 0 radical (unpaired) electrons. The molecule has 0 saturated carbocycles. The van der Waals surface area contributed by atoms with Crippen LogP contribution in [0.1, 0.15) is 15.9 Å². The van der Waals surface area contributed by atoms with Gasteiger partial charge >= 0.3 is 0 Å². The average molecular weight is 303 g/mol. The molecule has 1 aromatic heterocycles. The molecule has 2 aromatic carbocycles. The van der Waals surface area contributed by atoms with E-state index in [4.69, 9.17) is 5.73 Å². The molecule has 5 heteroatoms. The maximum absolute atomic E-state index is 12.3. The van der Waals surface area contributed by atoms with E-state index in [-0.39, 0.29) is 5.91 Å². The van der Waals surface area contributed by atoms with Gasteiger partial charge in [0.1, 0.15) is 5.82 Å². The Morgan fingerprint density at radius 1 is 1.09 bits per heavy atom. The van der Waals surface area contributed by atoms with Gasteiger partial charge in [-0.15, -0.1) is 0 Å². The Kier molecular flexibility index (Phi) is 2.87. The monoisotopic (exact) mass is 303 g/mol. The Balaban J connectivity index is 1.82. The first-order valence-corrected chi connectivity index (χ1v) is 7.25. The molecule has 0 unspecified atom stereocenters. The molecule has 2 amide bonds. The van der Waals surface area contributed by atoms with Crippen molar-refractivity contribution in [2.24, 2.45) is 5.73 Å². The van der Waals surface area contributed by atoms with E-state index in [1.54, 1.807) is 29.2 Å². The number of anilines is 2. The quantitative estimate of drug-likeness (QED) is 0.790. The van der Waals surface area contributed by atoms with Crippen LogP contribution < -0.4 is 10.6 Å². The number of aromatic nitrogens is 1. The summed E-state index contributed by atoms with van der Waals surface area (Å²) >= 11 is 0. The van der Waals surface area contributed by atoms with Gasteiger partial charge in [0.2, 0.25) is 11.8 Å². The number of amides is 2. The summed E-state index contributed by atoms with van der Waals surface area (Å²) in [6, 6.07) is 16.4. The fourth-order valence-electron chi connectivity index (χ4n) is 2.90. The topological polar surface area (TPSA) is 76.3 Å². The highest BCUT2D eigenvalue weighted by atomic mass is 16.2. The molecule has 4 rings (SSSR count). The fourth-order valence-corrected chi connectivity index (χ4v) is 2.90. The van der Waals surface area contributed by atoms with Crippen LogP contribution in [0.4, 0.5) is 11.5 Å². The van der Waals surface area contributed by atoms with Crippen LogP contribution in [0, 0.1) is 0 Å². The molecule has 0 spiro atoms. The zero-order valence-electron chi connectivity index (χ0n) is 12.2. The predicted molar refractivity (Wildman–Crippen MR) is 87.6 cm³/mol. The molecule has 0 saturated heterocycles. The zero-order chi connectivity index (χ0) is 16.0. The van der Waals surface area contributed by atoms with Crippen LogP contribution in [0.25, 0.3) is 10.9 Å². The van der Waals surface area contributed by atoms with E-state index < -0.39 is 5.91 Å². The molecule has 0 bridgehead atoms. The maximum atomic E-state index is 12.3. The lowest BCUT2D eigenvalue weighted by Gasteiger charge is -2.17. The second-order valence-corrected chi connectivity index (χ2v) is 5.48. The SMILES string of the molecule is NC(=O)c1ccc2nc(N3C(=O)Cc4ccccc43)ccc2c1. The van der Waals surface area contributed by atoms with Crippen LogP contribution in [-0.2, 0) is 11.2 Å². The number of nitrogens with zero attached hydrogens (tertiary/aromatic N) is 2. The molecular formula is C18H13N3O2. The summed E-state index contributed by atoms with van der Waals surface area (Å²) < 4.78 is 0. The Hall–Kier alpha value is -3.21. The van der Waals surface area contributed by atoms with Crippen LogP contribution in [0.3, 0.4) is 0 Å². The summed E-state index contributed by atoms with van der Waals surface area (Å²) in [7, 11) is 0. The van der Waals surface area contributed by atoms with Gasteiger partial charge in [-0.05, 0) is 42.0 Å².